The quantitative estimate of drug-likeness (QED) is 0.186. The van der Waals surface area contributed by atoms with Crippen molar-refractivity contribution < 1.29 is 4.74 Å². The summed E-state index contributed by atoms with van der Waals surface area (Å²) in [5, 5.41) is 6.75. The molecule has 0 rings (SSSR count). The van der Waals surface area contributed by atoms with E-state index in [1.165, 1.54) is 6.42 Å². The van der Waals surface area contributed by atoms with Gasteiger partial charge in [-0.05, 0) is 66.5 Å². The van der Waals surface area contributed by atoms with Crippen LogP contribution in [0, 0.1) is 5.92 Å². The van der Waals surface area contributed by atoms with Gasteiger partial charge in [0.25, 0.3) is 0 Å². The maximum absolute atomic E-state index is 5.79. The van der Waals surface area contributed by atoms with E-state index in [1.807, 2.05) is 0 Å². The normalized spacial score (nSPS) is 13.3. The van der Waals surface area contributed by atoms with Crippen LogP contribution in [0.3, 0.4) is 0 Å². The van der Waals surface area contributed by atoms with Gasteiger partial charge in [0.2, 0.25) is 0 Å². The van der Waals surface area contributed by atoms with E-state index in [0.29, 0.717) is 18.1 Å². The summed E-state index contributed by atoms with van der Waals surface area (Å²) >= 11 is 0. The number of hydrogen-bond acceptors (Lipinski definition) is 3. The van der Waals surface area contributed by atoms with Crippen LogP contribution in [-0.4, -0.2) is 62.8 Å². The molecule has 0 heterocycles. The molecule has 25 heavy (non-hydrogen) atoms. The molecule has 5 nitrogen and oxygen atoms in total. The third-order valence-electron chi connectivity index (χ3n) is 4.26. The van der Waals surface area contributed by atoms with Gasteiger partial charge in [-0.25, -0.2) is 0 Å². The maximum atomic E-state index is 5.79. The van der Waals surface area contributed by atoms with E-state index in [0.717, 1.165) is 51.6 Å². The van der Waals surface area contributed by atoms with E-state index < -0.39 is 0 Å². The van der Waals surface area contributed by atoms with Crippen LogP contribution in [0.5, 0.6) is 0 Å². The fraction of sp³-hybridized carbons (Fsp3) is 0.947. The second-order valence-electron chi connectivity index (χ2n) is 7.00. The summed E-state index contributed by atoms with van der Waals surface area (Å²) in [4.78, 5) is 7.06. The molecule has 0 aliphatic heterocycles. The fourth-order valence-electron chi connectivity index (χ4n) is 2.42. The van der Waals surface area contributed by atoms with Crippen LogP contribution >= 0.6 is 24.0 Å². The number of nitrogens with zero attached hydrogens (tertiary/aromatic N) is 2. The summed E-state index contributed by atoms with van der Waals surface area (Å²) in [6.45, 7) is 17.6. The summed E-state index contributed by atoms with van der Waals surface area (Å²) in [5.74, 6) is 1.47. The Kier molecular flexibility index (Phi) is 18.8. The molecule has 152 valence electrons. The van der Waals surface area contributed by atoms with Gasteiger partial charge in [-0.15, -0.1) is 24.0 Å². The number of aliphatic imine (C=N–C) groups is 1. The van der Waals surface area contributed by atoms with Crippen molar-refractivity contribution >= 4 is 29.9 Å². The number of nitrogens with one attached hydrogen (secondary N) is 2. The van der Waals surface area contributed by atoms with Crippen LogP contribution in [0.1, 0.15) is 60.8 Å². The van der Waals surface area contributed by atoms with Crippen LogP contribution in [0.15, 0.2) is 4.99 Å². The first-order chi connectivity index (χ1) is 11.4. The van der Waals surface area contributed by atoms with Gasteiger partial charge < -0.3 is 20.3 Å². The number of halogens is 1. The third kappa shape index (κ3) is 14.7. The van der Waals surface area contributed by atoms with Gasteiger partial charge in [-0.1, -0.05) is 13.8 Å². The zero-order valence-electron chi connectivity index (χ0n) is 17.6. The molecule has 0 spiro atoms. The lowest BCUT2D eigenvalue weighted by Gasteiger charge is -2.21. The molecule has 1 atom stereocenters. The molecule has 0 aliphatic carbocycles. The Bertz CT molecular complexity index is 325. The van der Waals surface area contributed by atoms with E-state index in [4.69, 9.17) is 4.74 Å². The average Bonchev–Trinajstić information content (AvgIpc) is 2.52. The van der Waals surface area contributed by atoms with Gasteiger partial charge in [0.15, 0.2) is 5.96 Å². The minimum Gasteiger partial charge on any atom is -0.378 e. The monoisotopic (exact) mass is 470 g/mol. The Hall–Kier alpha value is -0.0800. The van der Waals surface area contributed by atoms with Crippen LogP contribution in [0.2, 0.25) is 0 Å². The van der Waals surface area contributed by atoms with Crippen LogP contribution in [0.25, 0.3) is 0 Å². The lowest BCUT2D eigenvalue weighted by atomic mass is 10.0. The van der Waals surface area contributed by atoms with Gasteiger partial charge in [0.1, 0.15) is 0 Å². The highest BCUT2D eigenvalue weighted by Crippen LogP contribution is 2.09. The summed E-state index contributed by atoms with van der Waals surface area (Å²) < 4.78 is 5.79. The predicted molar refractivity (Wildman–Crippen MR) is 121 cm³/mol. The molecule has 0 saturated carbocycles. The highest BCUT2D eigenvalue weighted by molar-refractivity contribution is 14.0. The van der Waals surface area contributed by atoms with Gasteiger partial charge in [-0.3, -0.25) is 4.99 Å². The molecule has 0 bridgehead atoms. The van der Waals surface area contributed by atoms with Crippen LogP contribution in [-0.2, 0) is 4.74 Å². The zero-order chi connectivity index (χ0) is 18.4. The molecular formula is C19H43IN4O. The first kappa shape index (κ1) is 27.1. The molecule has 0 saturated heterocycles. The molecule has 0 aliphatic rings. The lowest BCUT2D eigenvalue weighted by Crippen LogP contribution is -2.39. The maximum Gasteiger partial charge on any atom is 0.191 e. The third-order valence-corrected chi connectivity index (χ3v) is 4.26. The topological polar surface area (TPSA) is 48.9 Å². The van der Waals surface area contributed by atoms with Crippen LogP contribution < -0.4 is 10.6 Å². The Labute approximate surface area is 173 Å². The second kappa shape index (κ2) is 17.3. The van der Waals surface area contributed by atoms with E-state index >= 15 is 0 Å². The summed E-state index contributed by atoms with van der Waals surface area (Å²) in [7, 11) is 2.18. The molecule has 2 N–H and O–H groups in total. The molecule has 0 fully saturated rings. The summed E-state index contributed by atoms with van der Waals surface area (Å²) in [5.41, 5.74) is 0. The van der Waals surface area contributed by atoms with Crippen molar-refractivity contribution in [3.63, 3.8) is 0 Å². The van der Waals surface area contributed by atoms with Crippen molar-refractivity contribution in [1.82, 2.24) is 15.5 Å². The Balaban J connectivity index is 0. The highest BCUT2D eigenvalue weighted by Gasteiger charge is 2.12. The highest BCUT2D eigenvalue weighted by atomic mass is 127. The van der Waals surface area contributed by atoms with Crippen molar-refractivity contribution in [2.45, 2.75) is 73.0 Å². The molecule has 0 radical (unpaired) electrons. The van der Waals surface area contributed by atoms with Gasteiger partial charge in [0.05, 0.1) is 6.10 Å². The number of unbranched alkanes of at least 4 members (excludes halogenated alkanes) is 1. The van der Waals surface area contributed by atoms with Crippen molar-refractivity contribution in [3.05, 3.63) is 0 Å². The second-order valence-corrected chi connectivity index (χ2v) is 7.00. The standard InChI is InChI=1S/C19H42N4O.HI/c1-8-20-19(21-13-10-11-15-23(7)17(5)6)22-14-12-18(16(3)4)24-9-2;/h16-18H,8-15H2,1-7H3,(H2,20,21,22);1H. The minimum absolute atomic E-state index is 0. The van der Waals surface area contributed by atoms with Crippen molar-refractivity contribution in [1.29, 1.82) is 0 Å². The largest absolute Gasteiger partial charge is 0.378 e. The van der Waals surface area contributed by atoms with Crippen LogP contribution in [0.4, 0.5) is 0 Å². The fourth-order valence-corrected chi connectivity index (χ4v) is 2.42. The van der Waals surface area contributed by atoms with Gasteiger partial charge in [0, 0.05) is 32.3 Å². The van der Waals surface area contributed by atoms with Crippen molar-refractivity contribution in [3.8, 4) is 0 Å². The molecule has 0 amide bonds. The number of hydrogen-bond donors (Lipinski definition) is 2. The number of guanidine groups is 1. The molecule has 1 unspecified atom stereocenters. The molecule has 0 aromatic heterocycles. The summed E-state index contributed by atoms with van der Waals surface area (Å²) in [6.07, 6.45) is 3.64. The first-order valence-electron chi connectivity index (χ1n) is 9.76. The van der Waals surface area contributed by atoms with Crippen molar-refractivity contribution in [2.24, 2.45) is 10.9 Å². The SMILES string of the molecule is CCNC(=NCCCCN(C)C(C)C)NCCC(OCC)C(C)C.I. The summed E-state index contributed by atoms with van der Waals surface area (Å²) in [6, 6.07) is 0.617. The van der Waals surface area contributed by atoms with Gasteiger partial charge >= 0.3 is 0 Å². The van der Waals surface area contributed by atoms with E-state index in [2.05, 4.69) is 69.1 Å². The molecular weight excluding hydrogens is 427 g/mol. The Morgan fingerprint density at radius 1 is 1.08 bits per heavy atom. The number of ether oxygens (including phenoxy) is 1. The van der Waals surface area contributed by atoms with E-state index in [1.54, 1.807) is 0 Å². The van der Waals surface area contributed by atoms with Crippen molar-refractivity contribution in [2.75, 3.05) is 39.8 Å². The first-order valence-corrected chi connectivity index (χ1v) is 9.76. The molecule has 6 heteroatoms. The lowest BCUT2D eigenvalue weighted by molar-refractivity contribution is 0.0258. The smallest absolute Gasteiger partial charge is 0.191 e. The van der Waals surface area contributed by atoms with Gasteiger partial charge in [-0.2, -0.15) is 0 Å². The molecule has 0 aromatic rings. The number of rotatable bonds is 13. The molecule has 0 aromatic carbocycles. The predicted octanol–water partition coefficient (Wildman–Crippen LogP) is 3.73. The van der Waals surface area contributed by atoms with E-state index in [9.17, 15) is 0 Å². The van der Waals surface area contributed by atoms with E-state index in [-0.39, 0.29) is 24.0 Å². The minimum atomic E-state index is 0. The zero-order valence-corrected chi connectivity index (χ0v) is 19.9. The average molecular weight is 470 g/mol. The Morgan fingerprint density at radius 3 is 2.28 bits per heavy atom. The Morgan fingerprint density at radius 2 is 1.76 bits per heavy atom.